The number of nitrogens with zero attached hydrogens (tertiary/aromatic N) is 2. The number of halogens is 1. The van der Waals surface area contributed by atoms with E-state index < -0.39 is 5.41 Å². The molecule has 0 atom stereocenters. The Kier molecular flexibility index (Phi) is 8.09. The van der Waals surface area contributed by atoms with Gasteiger partial charge in [0.1, 0.15) is 18.1 Å². The molecule has 1 aromatic heterocycles. The molecule has 29 heavy (non-hydrogen) atoms. The van der Waals surface area contributed by atoms with E-state index in [2.05, 4.69) is 6.58 Å². The molecule has 0 aliphatic carbocycles. The zero-order chi connectivity index (χ0) is 21.4. The summed E-state index contributed by atoms with van der Waals surface area (Å²) in [5.41, 5.74) is 0.250. The van der Waals surface area contributed by atoms with E-state index in [9.17, 15) is 9.59 Å². The predicted molar refractivity (Wildman–Crippen MR) is 115 cm³/mol. The van der Waals surface area contributed by atoms with Crippen molar-refractivity contribution in [2.45, 2.75) is 33.9 Å². The summed E-state index contributed by atoms with van der Waals surface area (Å²) < 4.78 is 5.67. The Bertz CT molecular complexity index is 830. The summed E-state index contributed by atoms with van der Waals surface area (Å²) in [5.74, 6) is 1.33. The number of hydrogen-bond acceptors (Lipinski definition) is 3. The lowest BCUT2D eigenvalue weighted by atomic mass is 9.94. The molecular weight excluding hydrogens is 388 g/mol. The number of carbonyl (C=O) groups excluding carboxylic acids is 2. The highest BCUT2D eigenvalue weighted by molar-refractivity contribution is 6.19. The lowest BCUT2D eigenvalue weighted by Gasteiger charge is -2.31. The first kappa shape index (κ1) is 22.8. The van der Waals surface area contributed by atoms with E-state index in [-0.39, 0.29) is 30.8 Å². The number of aryl methyl sites for hydroxylation is 1. The van der Waals surface area contributed by atoms with Crippen molar-refractivity contribution in [1.29, 1.82) is 0 Å². The molecule has 156 valence electrons. The summed E-state index contributed by atoms with van der Waals surface area (Å²) in [6.45, 7) is 10.1. The smallest absolute Gasteiger partial charge is 0.242 e. The van der Waals surface area contributed by atoms with Gasteiger partial charge in [-0.25, -0.2) is 0 Å². The van der Waals surface area contributed by atoms with Crippen LogP contribution in [-0.4, -0.2) is 40.6 Å². The number of alkyl halides is 1. The maximum atomic E-state index is 13.2. The Morgan fingerprint density at radius 3 is 2.34 bits per heavy atom. The second kappa shape index (κ2) is 10.3. The van der Waals surface area contributed by atoms with Gasteiger partial charge in [-0.15, -0.1) is 18.2 Å². The minimum atomic E-state index is -0.757. The van der Waals surface area contributed by atoms with Gasteiger partial charge in [0.25, 0.3) is 0 Å². The topological polar surface area (TPSA) is 53.8 Å². The molecule has 0 aliphatic heterocycles. The highest BCUT2D eigenvalue weighted by atomic mass is 35.5. The van der Waals surface area contributed by atoms with Gasteiger partial charge in [-0.2, -0.15) is 0 Å². The minimum Gasteiger partial charge on any atom is -0.464 e. The summed E-state index contributed by atoms with van der Waals surface area (Å²) in [6.07, 6.45) is 1.62. The van der Waals surface area contributed by atoms with Gasteiger partial charge in [0, 0.05) is 19.0 Å². The van der Waals surface area contributed by atoms with E-state index in [0.717, 1.165) is 11.3 Å². The summed E-state index contributed by atoms with van der Waals surface area (Å²) in [6, 6.07) is 13.5. The highest BCUT2D eigenvalue weighted by Gasteiger charge is 2.32. The van der Waals surface area contributed by atoms with Crippen molar-refractivity contribution in [3.05, 3.63) is 72.2 Å². The lowest BCUT2D eigenvalue weighted by Crippen LogP contribution is -2.47. The van der Waals surface area contributed by atoms with Gasteiger partial charge in [0.15, 0.2) is 0 Å². The van der Waals surface area contributed by atoms with E-state index in [1.54, 1.807) is 24.8 Å². The van der Waals surface area contributed by atoms with E-state index in [0.29, 0.717) is 18.8 Å². The van der Waals surface area contributed by atoms with Gasteiger partial charge in [-0.3, -0.25) is 9.59 Å². The molecule has 0 fully saturated rings. The molecule has 0 radical (unpaired) electrons. The fraction of sp³-hybridized carbons (Fsp3) is 0.391. The van der Waals surface area contributed by atoms with Crippen molar-refractivity contribution in [3.63, 3.8) is 0 Å². The third-order valence-corrected chi connectivity index (χ3v) is 5.26. The molecule has 0 unspecified atom stereocenters. The van der Waals surface area contributed by atoms with Crippen LogP contribution in [0.15, 0.2) is 59.5 Å². The molecule has 0 spiro atoms. The van der Waals surface area contributed by atoms with Crippen LogP contribution in [0.3, 0.4) is 0 Å². The SMILES string of the molecule is C=CCN(CC(=O)N(Cc1ccccc1)Cc1ccc(C)o1)C(=O)C(C)(C)CCl. The molecule has 2 amide bonds. The Morgan fingerprint density at radius 1 is 1.10 bits per heavy atom. The summed E-state index contributed by atoms with van der Waals surface area (Å²) >= 11 is 5.97. The maximum Gasteiger partial charge on any atom is 0.242 e. The molecule has 5 nitrogen and oxygen atoms in total. The first-order chi connectivity index (χ1) is 13.8. The number of furan rings is 1. The summed E-state index contributed by atoms with van der Waals surface area (Å²) in [7, 11) is 0. The first-order valence-electron chi connectivity index (χ1n) is 9.60. The Labute approximate surface area is 177 Å². The van der Waals surface area contributed by atoms with E-state index >= 15 is 0 Å². The van der Waals surface area contributed by atoms with Crippen molar-refractivity contribution in [3.8, 4) is 0 Å². The molecule has 0 saturated heterocycles. The second-order valence-corrected chi connectivity index (χ2v) is 8.01. The minimum absolute atomic E-state index is 0.0440. The number of hydrogen-bond donors (Lipinski definition) is 0. The van der Waals surface area contributed by atoms with Gasteiger partial charge in [-0.1, -0.05) is 36.4 Å². The second-order valence-electron chi connectivity index (χ2n) is 7.74. The van der Waals surface area contributed by atoms with Crippen molar-refractivity contribution in [2.24, 2.45) is 5.41 Å². The van der Waals surface area contributed by atoms with Crippen LogP contribution in [-0.2, 0) is 22.7 Å². The largest absolute Gasteiger partial charge is 0.464 e. The van der Waals surface area contributed by atoms with E-state index in [1.165, 1.54) is 4.90 Å². The van der Waals surface area contributed by atoms with E-state index in [4.69, 9.17) is 16.0 Å². The monoisotopic (exact) mass is 416 g/mol. The average Bonchev–Trinajstić information content (AvgIpc) is 3.12. The summed E-state index contributed by atoms with van der Waals surface area (Å²) in [4.78, 5) is 29.3. The molecule has 6 heteroatoms. The highest BCUT2D eigenvalue weighted by Crippen LogP contribution is 2.21. The van der Waals surface area contributed by atoms with Crippen LogP contribution in [0.4, 0.5) is 0 Å². The molecule has 1 aromatic carbocycles. The van der Waals surface area contributed by atoms with Crippen LogP contribution < -0.4 is 0 Å². The maximum absolute atomic E-state index is 13.2. The molecule has 0 bridgehead atoms. The molecule has 1 heterocycles. The molecule has 0 N–H and O–H groups in total. The van der Waals surface area contributed by atoms with Crippen molar-refractivity contribution >= 4 is 23.4 Å². The number of carbonyl (C=O) groups is 2. The zero-order valence-electron chi connectivity index (χ0n) is 17.4. The van der Waals surface area contributed by atoms with Crippen LogP contribution in [0.25, 0.3) is 0 Å². The van der Waals surface area contributed by atoms with Crippen molar-refractivity contribution < 1.29 is 14.0 Å². The van der Waals surface area contributed by atoms with Crippen molar-refractivity contribution in [1.82, 2.24) is 9.80 Å². The Hall–Kier alpha value is -2.53. The molecule has 2 aromatic rings. The Morgan fingerprint density at radius 2 is 1.79 bits per heavy atom. The zero-order valence-corrected chi connectivity index (χ0v) is 18.1. The number of benzene rings is 1. The molecule has 2 rings (SSSR count). The van der Waals surface area contributed by atoms with Crippen molar-refractivity contribution in [2.75, 3.05) is 19.0 Å². The lowest BCUT2D eigenvalue weighted by molar-refractivity contribution is -0.145. The van der Waals surface area contributed by atoms with Crippen LogP contribution in [0, 0.1) is 12.3 Å². The third kappa shape index (κ3) is 6.50. The quantitative estimate of drug-likeness (QED) is 0.426. The van der Waals surface area contributed by atoms with Gasteiger partial charge in [0.05, 0.1) is 12.0 Å². The molecular formula is C23H29ClN2O3. The fourth-order valence-corrected chi connectivity index (χ4v) is 3.03. The van der Waals surface area contributed by atoms with Crippen LogP contribution in [0.1, 0.15) is 30.9 Å². The van der Waals surface area contributed by atoms with Gasteiger partial charge >= 0.3 is 0 Å². The average molecular weight is 417 g/mol. The van der Waals surface area contributed by atoms with Crippen LogP contribution in [0.5, 0.6) is 0 Å². The van der Waals surface area contributed by atoms with Crippen LogP contribution >= 0.6 is 11.6 Å². The summed E-state index contributed by atoms with van der Waals surface area (Å²) in [5, 5.41) is 0. The normalized spacial score (nSPS) is 11.2. The van der Waals surface area contributed by atoms with Gasteiger partial charge < -0.3 is 14.2 Å². The number of rotatable bonds is 10. The molecule has 0 aliphatic rings. The van der Waals surface area contributed by atoms with Gasteiger partial charge in [-0.05, 0) is 38.5 Å². The predicted octanol–water partition coefficient (Wildman–Crippen LogP) is 4.40. The standard InChI is InChI=1S/C23H29ClN2O3/c1-5-13-25(22(28)23(3,4)17-24)16-21(27)26(14-19-9-7-6-8-10-19)15-20-12-11-18(2)29-20/h5-12H,1,13-17H2,2-4H3. The Balaban J connectivity index is 2.21. The van der Waals surface area contributed by atoms with Gasteiger partial charge in [0.2, 0.25) is 11.8 Å². The third-order valence-electron chi connectivity index (χ3n) is 4.59. The van der Waals surface area contributed by atoms with Crippen LogP contribution in [0.2, 0.25) is 0 Å². The van der Waals surface area contributed by atoms with E-state index in [1.807, 2.05) is 49.4 Å². The number of amides is 2. The molecule has 0 saturated carbocycles. The first-order valence-corrected chi connectivity index (χ1v) is 10.1. The fourth-order valence-electron chi connectivity index (χ4n) is 2.92.